The molecule has 0 aliphatic carbocycles. The van der Waals surface area contributed by atoms with E-state index in [0.717, 1.165) is 0 Å². The van der Waals surface area contributed by atoms with E-state index < -0.39 is 44.9 Å². The molecule has 0 aliphatic rings. The minimum atomic E-state index is -4.67. The van der Waals surface area contributed by atoms with Crippen LogP contribution in [0.1, 0.15) is 4.28 Å². The van der Waals surface area contributed by atoms with Gasteiger partial charge in [0.25, 0.3) is 0 Å². The Morgan fingerprint density at radius 2 is 0.826 bits per heavy atom. The van der Waals surface area contributed by atoms with Gasteiger partial charge in [0.1, 0.15) is 0 Å². The first-order valence-corrected chi connectivity index (χ1v) is 6.47. The van der Waals surface area contributed by atoms with Crippen molar-refractivity contribution in [1.29, 1.82) is 0 Å². The number of aliphatic carboxylic acids is 2. The first-order chi connectivity index (χ1) is 8.46. The van der Waals surface area contributed by atoms with Gasteiger partial charge in [0.05, 0.1) is 0 Å². The summed E-state index contributed by atoms with van der Waals surface area (Å²) in [5.74, 6) is -3.54. The van der Waals surface area contributed by atoms with E-state index in [-0.39, 0.29) is 76.4 Å². The number of carboxylic acids is 2. The van der Waals surface area contributed by atoms with Crippen molar-refractivity contribution in [2.75, 3.05) is 0 Å². The smallest absolute Gasteiger partial charge is 1.00 e. The fourth-order valence-corrected chi connectivity index (χ4v) is 0.270. The minimum Gasteiger partial charge on any atom is -1.00 e. The summed E-state index contributed by atoms with van der Waals surface area (Å²) in [6, 6.07) is 0. The van der Waals surface area contributed by atoms with Crippen LogP contribution in [-0.4, -0.2) is 103 Å². The molecule has 0 fully saturated rings. The number of aliphatic hydroxyl groups excluding tert-OH is 2. The molecule has 0 heterocycles. The Balaban J connectivity index is -0.0000000229. The van der Waals surface area contributed by atoms with Crippen LogP contribution in [0.5, 0.6) is 0 Å². The van der Waals surface area contributed by atoms with Gasteiger partial charge in [-0.15, -0.1) is 0 Å². The van der Waals surface area contributed by atoms with Crippen molar-refractivity contribution in [1.82, 2.24) is 0 Å². The normalized spacial score (nSPS) is 11.9. The van der Waals surface area contributed by atoms with E-state index in [2.05, 4.69) is 0 Å². The molecule has 0 aliphatic heterocycles. The fraction of sp³-hybridized carbons (Fsp3) is 0.500. The molecule has 19 heteroatoms. The van der Waals surface area contributed by atoms with Gasteiger partial charge in [-0.3, -0.25) is 18.2 Å². The maximum absolute atomic E-state index is 9.77. The van der Waals surface area contributed by atoms with Gasteiger partial charge in [-0.05, 0) is 0 Å². The van der Waals surface area contributed by atoms with E-state index in [1.165, 1.54) is 0 Å². The van der Waals surface area contributed by atoms with Gasteiger partial charge in [-0.2, -0.15) is 16.8 Å². The molecule has 23 heavy (non-hydrogen) atoms. The maximum atomic E-state index is 9.77. The van der Waals surface area contributed by atoms with E-state index in [1.807, 2.05) is 0 Å². The molecule has 0 aromatic carbocycles. The van der Waals surface area contributed by atoms with Crippen molar-refractivity contribution < 1.29 is 118 Å². The third kappa shape index (κ3) is 60.0. The first kappa shape index (κ1) is 39.2. The van der Waals surface area contributed by atoms with Crippen LogP contribution in [0.2, 0.25) is 0 Å². The maximum Gasteiger partial charge on any atom is 2.00 e. The summed E-state index contributed by atoms with van der Waals surface area (Å²) in [6.45, 7) is 0. The zero-order chi connectivity index (χ0) is 17.3. The van der Waals surface area contributed by atoms with E-state index in [0.29, 0.717) is 0 Å². The number of carboxylic acid groups (broad SMARTS) is 2. The van der Waals surface area contributed by atoms with Crippen LogP contribution in [0.3, 0.4) is 0 Å². The van der Waals surface area contributed by atoms with E-state index in [4.69, 9.17) is 55.5 Å². The van der Waals surface area contributed by atoms with Gasteiger partial charge in [-0.25, -0.2) is 9.59 Å². The number of hydrogen-bond acceptors (Lipinski definition) is 8. The van der Waals surface area contributed by atoms with Gasteiger partial charge < -0.3 is 24.7 Å². The number of rotatable bonds is 3. The topological polar surface area (TPSA) is 264 Å². The van der Waals surface area contributed by atoms with Crippen LogP contribution in [0.25, 0.3) is 0 Å². The molecule has 0 radical (unpaired) electrons. The second-order valence-corrected chi connectivity index (χ2v) is 4.25. The molecule has 0 spiro atoms. The van der Waals surface area contributed by atoms with Crippen molar-refractivity contribution in [2.45, 2.75) is 12.2 Å². The van der Waals surface area contributed by atoms with Crippen LogP contribution in [0, 0.1) is 0 Å². The molecule has 14 nitrogen and oxygen atoms in total. The van der Waals surface area contributed by atoms with E-state index >= 15 is 0 Å². The van der Waals surface area contributed by atoms with Crippen molar-refractivity contribution in [3.05, 3.63) is 0 Å². The summed E-state index contributed by atoms with van der Waals surface area (Å²) < 4.78 is 63.2. The quantitative estimate of drug-likeness (QED) is 0.143. The Bertz CT molecular complexity index is 466. The molecule has 0 amide bonds. The monoisotopic (exact) mass is 460 g/mol. The van der Waals surface area contributed by atoms with E-state index in [1.54, 1.807) is 0 Å². The summed E-state index contributed by atoms with van der Waals surface area (Å²) in [5, 5.41) is 32.5. The first-order valence-electron chi connectivity index (χ1n) is 3.68. The van der Waals surface area contributed by atoms with Gasteiger partial charge in [-0.1, -0.05) is 0 Å². The number of aliphatic hydroxyl groups is 2. The average molecular weight is 462 g/mol. The van der Waals surface area contributed by atoms with Crippen LogP contribution in [0.15, 0.2) is 0 Å². The molecule has 0 aromatic rings. The molecule has 0 saturated carbocycles. The molecule has 2 atom stereocenters. The molecular weight excluding hydrogens is 449 g/mol. The molecule has 0 saturated heterocycles. The Labute approximate surface area is 185 Å². The Morgan fingerprint density at radius 3 is 0.870 bits per heavy atom. The third-order valence-electron chi connectivity index (χ3n) is 0.805. The van der Waals surface area contributed by atoms with Crippen LogP contribution < -0.4 is 29.6 Å². The predicted octanol–water partition coefficient (Wildman–Crippen LogP) is -6.47. The molecule has 8 N–H and O–H groups in total. The number of carbonyl (C=O) groups is 2. The molecule has 130 valence electrons. The molecular formula is C4H13MgNaO14S2Zn. The fourth-order valence-electron chi connectivity index (χ4n) is 0.270. The molecule has 0 bridgehead atoms. The molecule has 0 aromatic heterocycles. The average Bonchev–Trinajstić information content (AvgIpc) is 2.09. The second-order valence-electron chi connectivity index (χ2n) is 2.46. The largest absolute Gasteiger partial charge is 2.00 e. The summed E-state index contributed by atoms with van der Waals surface area (Å²) in [7, 11) is -9.33. The van der Waals surface area contributed by atoms with E-state index in [9.17, 15) is 9.59 Å². The summed E-state index contributed by atoms with van der Waals surface area (Å²) in [4.78, 5) is 19.5. The van der Waals surface area contributed by atoms with Crippen LogP contribution >= 0.6 is 0 Å². The van der Waals surface area contributed by atoms with Crippen LogP contribution in [0.4, 0.5) is 0 Å². The SMILES string of the molecule is O=C(O)C(O)C(O)C(=O)O.O=S(=O)(O)O.O=S(=O)(O)O.[H-].[H-].[H-].[Mg+2].[Na+].[Zn]. The van der Waals surface area contributed by atoms with Gasteiger partial charge in [0.2, 0.25) is 0 Å². The minimum absolute atomic E-state index is 0. The van der Waals surface area contributed by atoms with Crippen molar-refractivity contribution in [2.24, 2.45) is 0 Å². The Morgan fingerprint density at radius 1 is 0.739 bits per heavy atom. The Kier molecular flexibility index (Phi) is 30.3. The van der Waals surface area contributed by atoms with Crippen molar-refractivity contribution >= 4 is 55.8 Å². The zero-order valence-electron chi connectivity index (χ0n) is 14.4. The summed E-state index contributed by atoms with van der Waals surface area (Å²) in [6.07, 6.45) is -4.53. The van der Waals surface area contributed by atoms with Gasteiger partial charge >= 0.3 is 85.3 Å². The third-order valence-corrected chi connectivity index (χ3v) is 0.805. The van der Waals surface area contributed by atoms with Gasteiger partial charge in [0, 0.05) is 19.5 Å². The van der Waals surface area contributed by atoms with Gasteiger partial charge in [0.15, 0.2) is 12.2 Å². The second kappa shape index (κ2) is 17.8. The summed E-state index contributed by atoms with van der Waals surface area (Å²) >= 11 is 0. The standard InChI is InChI=1S/C4H6O6.Mg.Na.2H2O4S.Zn.3H/c5-1(3(7)8)2(6)4(9)10;;;2*1-5(2,3)4;;;;/h1-2,5-6H,(H,7,8)(H,9,10);;;2*(H2,1,2,3,4);;;;/q;+2;+1;;;;3*-1. The Hall–Kier alpha value is 0.990. The predicted molar refractivity (Wildman–Crippen MR) is 64.7 cm³/mol. The zero-order valence-corrected chi connectivity index (χ0v) is 19.4. The number of hydrogen-bond donors (Lipinski definition) is 8. The van der Waals surface area contributed by atoms with Crippen molar-refractivity contribution in [3.63, 3.8) is 0 Å². The summed E-state index contributed by atoms with van der Waals surface area (Å²) in [5.41, 5.74) is 0. The van der Waals surface area contributed by atoms with Crippen molar-refractivity contribution in [3.8, 4) is 0 Å². The van der Waals surface area contributed by atoms with Crippen LogP contribution in [-0.2, 0) is 49.9 Å². The molecule has 0 rings (SSSR count). The molecule has 2 unspecified atom stereocenters.